The summed E-state index contributed by atoms with van der Waals surface area (Å²) in [5.74, 6) is -3.70. The fourth-order valence-corrected chi connectivity index (χ4v) is 7.31. The first-order valence-electron chi connectivity index (χ1n) is 14.1. The number of hydrogen-bond acceptors (Lipinski definition) is 10. The van der Waals surface area contributed by atoms with Crippen molar-refractivity contribution in [3.05, 3.63) is 76.3 Å². The third kappa shape index (κ3) is 3.65. The van der Waals surface area contributed by atoms with Crippen LogP contribution in [0.4, 0.5) is 0 Å². The van der Waals surface area contributed by atoms with E-state index in [4.69, 9.17) is 24.7 Å². The van der Waals surface area contributed by atoms with Crippen molar-refractivity contribution in [3.8, 4) is 51.0 Å². The quantitative estimate of drug-likeness (QED) is 0.320. The highest BCUT2D eigenvalue weighted by Gasteiger charge is 2.50. The zero-order valence-corrected chi connectivity index (χ0v) is 23.1. The zero-order chi connectivity index (χ0) is 30.4. The van der Waals surface area contributed by atoms with E-state index < -0.39 is 52.3 Å². The van der Waals surface area contributed by atoms with E-state index in [-0.39, 0.29) is 43.3 Å². The van der Waals surface area contributed by atoms with Crippen LogP contribution >= 0.6 is 0 Å². The Kier molecular flexibility index (Phi) is 5.52. The van der Waals surface area contributed by atoms with Gasteiger partial charge in [0.2, 0.25) is 13.6 Å². The first kappa shape index (κ1) is 26.2. The molecule has 0 spiro atoms. The molecule has 2 heterocycles. The predicted octanol–water partition coefficient (Wildman–Crippen LogP) is 4.26. The molecule has 0 saturated carbocycles. The number of ether oxygens (including phenoxy) is 4. The smallest absolute Gasteiger partial charge is 0.255 e. The van der Waals surface area contributed by atoms with Gasteiger partial charge in [0.05, 0.1) is 11.5 Å². The molecule has 0 bridgehead atoms. The van der Waals surface area contributed by atoms with Crippen LogP contribution in [0.5, 0.6) is 28.7 Å². The molecule has 11 heteroatoms. The minimum absolute atomic E-state index is 0.0147. The lowest BCUT2D eigenvalue weighted by Crippen LogP contribution is -2.43. The number of benzene rings is 3. The molecule has 3 aromatic rings. The summed E-state index contributed by atoms with van der Waals surface area (Å²) in [6, 6.07) is 12.5. The summed E-state index contributed by atoms with van der Waals surface area (Å²) in [5, 5.41) is 33.7. The SMILES string of the molecule is NC(=O)C1=C(O)CC2CC3Cc4c(-c5ccc6c(c5)OCO6)cc(-c5ccc6c(c5)OCO6)c(O)c4C(=O)C3=C(O)C2C1=O. The summed E-state index contributed by atoms with van der Waals surface area (Å²) in [6.07, 6.45) is 0.527. The van der Waals surface area contributed by atoms with Gasteiger partial charge in [-0.15, -0.1) is 0 Å². The zero-order valence-electron chi connectivity index (χ0n) is 23.1. The maximum Gasteiger partial charge on any atom is 0.255 e. The fraction of sp³-hybridized carbons (Fsp3) is 0.242. The number of aliphatic hydroxyl groups excluding tert-OH is 2. The number of aliphatic hydroxyl groups is 2. The van der Waals surface area contributed by atoms with Gasteiger partial charge >= 0.3 is 0 Å². The Bertz CT molecular complexity index is 1920. The van der Waals surface area contributed by atoms with Crippen molar-refractivity contribution in [1.82, 2.24) is 0 Å². The van der Waals surface area contributed by atoms with Gasteiger partial charge in [-0.2, -0.15) is 0 Å². The molecule has 222 valence electrons. The van der Waals surface area contributed by atoms with E-state index in [0.29, 0.717) is 51.7 Å². The predicted molar refractivity (Wildman–Crippen MR) is 152 cm³/mol. The molecule has 0 aromatic heterocycles. The van der Waals surface area contributed by atoms with Gasteiger partial charge in [-0.3, -0.25) is 14.4 Å². The van der Waals surface area contributed by atoms with Crippen molar-refractivity contribution >= 4 is 17.5 Å². The lowest BCUT2D eigenvalue weighted by molar-refractivity contribution is -0.126. The Hall–Kier alpha value is -5.45. The van der Waals surface area contributed by atoms with Crippen molar-refractivity contribution in [1.29, 1.82) is 0 Å². The Morgan fingerprint density at radius 3 is 2.05 bits per heavy atom. The monoisotopic (exact) mass is 595 g/mol. The van der Waals surface area contributed by atoms with E-state index in [2.05, 4.69) is 0 Å². The summed E-state index contributed by atoms with van der Waals surface area (Å²) in [6.45, 7) is 0.152. The van der Waals surface area contributed by atoms with Crippen molar-refractivity contribution in [2.75, 3.05) is 13.6 Å². The van der Waals surface area contributed by atoms with Gasteiger partial charge < -0.3 is 40.0 Å². The van der Waals surface area contributed by atoms with Crippen LogP contribution in [0.2, 0.25) is 0 Å². The van der Waals surface area contributed by atoms with Gasteiger partial charge in [-0.25, -0.2) is 0 Å². The summed E-state index contributed by atoms with van der Waals surface area (Å²) in [7, 11) is 0. The molecule has 1 amide bonds. The number of aromatic hydroxyl groups is 1. The highest BCUT2D eigenvalue weighted by molar-refractivity contribution is 6.22. The average molecular weight is 596 g/mol. The van der Waals surface area contributed by atoms with E-state index >= 15 is 0 Å². The third-order valence-electron chi connectivity index (χ3n) is 9.25. The standard InChI is InChI=1S/C33H25NO10/c34-33(40)28-20(35)7-16-5-15-6-19-17(13-1-3-21-23(8-13)43-11-41-21)10-18(14-2-4-22-24(9-14)44-12-42-22)29(36)27(19)31(38)25(15)30(37)26(16)32(28)39/h1-4,8-10,15-16,26,35-37H,5-7,11-12H2,(H2,34,40). The Morgan fingerprint density at radius 1 is 0.795 bits per heavy atom. The van der Waals surface area contributed by atoms with Crippen molar-refractivity contribution in [2.24, 2.45) is 23.5 Å². The summed E-state index contributed by atoms with van der Waals surface area (Å²) in [4.78, 5) is 39.6. The number of nitrogens with two attached hydrogens (primary N) is 1. The molecular formula is C33H25NO10. The first-order valence-corrected chi connectivity index (χ1v) is 14.1. The number of primary amides is 1. The molecule has 0 saturated heterocycles. The molecule has 44 heavy (non-hydrogen) atoms. The fourth-order valence-electron chi connectivity index (χ4n) is 7.31. The van der Waals surface area contributed by atoms with E-state index in [0.717, 1.165) is 5.56 Å². The third-order valence-corrected chi connectivity index (χ3v) is 9.25. The van der Waals surface area contributed by atoms with Gasteiger partial charge in [0.1, 0.15) is 22.8 Å². The van der Waals surface area contributed by atoms with Crippen LogP contribution in [0.1, 0.15) is 28.8 Å². The van der Waals surface area contributed by atoms with Crippen LogP contribution < -0.4 is 24.7 Å². The number of rotatable bonds is 3. The molecule has 2 aliphatic heterocycles. The van der Waals surface area contributed by atoms with Crippen LogP contribution in [0.25, 0.3) is 22.3 Å². The van der Waals surface area contributed by atoms with E-state index in [1.807, 2.05) is 18.2 Å². The molecule has 3 aliphatic carbocycles. The maximum absolute atomic E-state index is 14.4. The molecule has 5 N–H and O–H groups in total. The molecular weight excluding hydrogens is 570 g/mol. The van der Waals surface area contributed by atoms with Gasteiger partial charge in [-0.1, -0.05) is 12.1 Å². The second-order valence-corrected chi connectivity index (χ2v) is 11.6. The number of phenols is 1. The Morgan fingerprint density at radius 2 is 1.41 bits per heavy atom. The number of allylic oxidation sites excluding steroid dienone is 3. The maximum atomic E-state index is 14.4. The summed E-state index contributed by atoms with van der Waals surface area (Å²) < 4.78 is 22.1. The highest BCUT2D eigenvalue weighted by atomic mass is 16.7. The second kappa shape index (κ2) is 9.27. The van der Waals surface area contributed by atoms with Gasteiger partial charge in [-0.05, 0) is 77.3 Å². The summed E-state index contributed by atoms with van der Waals surface area (Å²) in [5.41, 5.74) is 7.75. The molecule has 0 fully saturated rings. The normalized spacial score (nSPS) is 23.0. The van der Waals surface area contributed by atoms with E-state index in [1.54, 1.807) is 24.3 Å². The lowest BCUT2D eigenvalue weighted by Gasteiger charge is -2.41. The van der Waals surface area contributed by atoms with E-state index in [1.165, 1.54) is 0 Å². The lowest BCUT2D eigenvalue weighted by atomic mass is 9.62. The number of carbonyl (C=O) groups excluding carboxylic acids is 3. The van der Waals surface area contributed by atoms with Gasteiger partial charge in [0, 0.05) is 17.6 Å². The minimum Gasteiger partial charge on any atom is -0.511 e. The number of hydrogen-bond donors (Lipinski definition) is 4. The molecule has 0 radical (unpaired) electrons. The summed E-state index contributed by atoms with van der Waals surface area (Å²) >= 11 is 0. The minimum atomic E-state index is -1.20. The molecule has 3 unspecified atom stereocenters. The van der Waals surface area contributed by atoms with Crippen LogP contribution in [0.15, 0.2) is 65.1 Å². The number of phenolic OH excluding ortho intramolecular Hbond substituents is 1. The second-order valence-electron chi connectivity index (χ2n) is 11.6. The number of amides is 1. The van der Waals surface area contributed by atoms with Crippen LogP contribution in [-0.4, -0.2) is 46.4 Å². The number of carbonyl (C=O) groups is 3. The highest BCUT2D eigenvalue weighted by Crippen LogP contribution is 2.53. The Labute approximate surface area is 249 Å². The van der Waals surface area contributed by atoms with Crippen LogP contribution in [0.3, 0.4) is 0 Å². The van der Waals surface area contributed by atoms with Crippen LogP contribution in [-0.2, 0) is 16.0 Å². The average Bonchev–Trinajstić information content (AvgIpc) is 3.65. The number of fused-ring (bicyclic) bond motifs is 5. The number of Topliss-reactive ketones (excluding diaryl/α,β-unsaturated/α-hetero) is 2. The van der Waals surface area contributed by atoms with E-state index in [9.17, 15) is 29.7 Å². The molecule has 8 rings (SSSR count). The largest absolute Gasteiger partial charge is 0.511 e. The first-order chi connectivity index (χ1) is 21.2. The van der Waals surface area contributed by atoms with Crippen molar-refractivity contribution in [2.45, 2.75) is 19.3 Å². The van der Waals surface area contributed by atoms with Gasteiger partial charge in [0.15, 0.2) is 34.6 Å². The molecule has 11 nitrogen and oxygen atoms in total. The molecule has 3 aromatic carbocycles. The molecule has 5 aliphatic rings. The van der Waals surface area contributed by atoms with Crippen molar-refractivity contribution < 1.29 is 48.7 Å². The molecule has 3 atom stereocenters. The number of ketones is 2. The van der Waals surface area contributed by atoms with Gasteiger partial charge in [0.25, 0.3) is 5.91 Å². The van der Waals surface area contributed by atoms with Crippen LogP contribution in [0, 0.1) is 17.8 Å². The topological polar surface area (TPSA) is 175 Å². The Balaban J connectivity index is 1.32. The van der Waals surface area contributed by atoms with Crippen molar-refractivity contribution in [3.63, 3.8) is 0 Å².